The summed E-state index contributed by atoms with van der Waals surface area (Å²) >= 11 is 0. The van der Waals surface area contributed by atoms with Crippen LogP contribution in [0.15, 0.2) is 97.6 Å². The van der Waals surface area contributed by atoms with Gasteiger partial charge < -0.3 is 4.74 Å². The van der Waals surface area contributed by atoms with Gasteiger partial charge >= 0.3 is 0 Å². The van der Waals surface area contributed by atoms with Gasteiger partial charge in [0.2, 0.25) is 0 Å². The zero-order chi connectivity index (χ0) is 15.9. The predicted molar refractivity (Wildman–Crippen MR) is 96.0 cm³/mol. The van der Waals surface area contributed by atoms with Crippen molar-refractivity contribution >= 4 is 0 Å². The van der Waals surface area contributed by atoms with E-state index in [1.54, 1.807) is 6.08 Å². The van der Waals surface area contributed by atoms with Crippen LogP contribution in [-0.4, -0.2) is 6.61 Å². The van der Waals surface area contributed by atoms with Crippen molar-refractivity contribution in [2.45, 2.75) is 5.92 Å². The van der Waals surface area contributed by atoms with E-state index in [1.807, 2.05) is 12.1 Å². The van der Waals surface area contributed by atoms with E-state index in [4.69, 9.17) is 4.74 Å². The molecule has 0 saturated heterocycles. The minimum absolute atomic E-state index is 0.228. The second-order valence-corrected chi connectivity index (χ2v) is 5.42. The lowest BCUT2D eigenvalue weighted by Gasteiger charge is -2.19. The first-order chi connectivity index (χ1) is 11.4. The highest BCUT2D eigenvalue weighted by Gasteiger charge is 2.16. The van der Waals surface area contributed by atoms with Crippen molar-refractivity contribution in [3.63, 3.8) is 0 Å². The summed E-state index contributed by atoms with van der Waals surface area (Å²) in [5.74, 6) is 1.10. The van der Waals surface area contributed by atoms with Gasteiger partial charge in [-0.15, -0.1) is 0 Å². The lowest BCUT2D eigenvalue weighted by molar-refractivity contribution is 0.363. The monoisotopic (exact) mass is 300 g/mol. The van der Waals surface area contributed by atoms with Crippen molar-refractivity contribution in [3.8, 4) is 5.75 Å². The Bertz CT molecular complexity index is 690. The molecule has 0 aliphatic heterocycles. The minimum atomic E-state index is 0.228. The van der Waals surface area contributed by atoms with Gasteiger partial charge in [0, 0.05) is 5.92 Å². The van der Waals surface area contributed by atoms with Gasteiger partial charge in [-0.05, 0) is 28.8 Å². The summed E-state index contributed by atoms with van der Waals surface area (Å²) in [4.78, 5) is 0. The Morgan fingerprint density at radius 2 is 1.17 bits per heavy atom. The highest BCUT2D eigenvalue weighted by molar-refractivity contribution is 5.44. The molecule has 0 unspecified atom stereocenters. The maximum Gasteiger partial charge on any atom is 0.119 e. The van der Waals surface area contributed by atoms with E-state index >= 15 is 0 Å². The van der Waals surface area contributed by atoms with Crippen molar-refractivity contribution in [2.24, 2.45) is 0 Å². The molecule has 0 aliphatic carbocycles. The van der Waals surface area contributed by atoms with Crippen LogP contribution in [0.5, 0.6) is 5.75 Å². The Balaban J connectivity index is 1.97. The van der Waals surface area contributed by atoms with Gasteiger partial charge in [0.05, 0.1) is 0 Å². The third-order valence-corrected chi connectivity index (χ3v) is 3.85. The molecule has 0 aliphatic rings. The first-order valence-corrected chi connectivity index (χ1v) is 7.82. The molecule has 1 nitrogen and oxygen atoms in total. The quantitative estimate of drug-likeness (QED) is 0.435. The van der Waals surface area contributed by atoms with Crippen LogP contribution >= 0.6 is 0 Å². The van der Waals surface area contributed by atoms with Crippen LogP contribution in [0.4, 0.5) is 0 Å². The maximum absolute atomic E-state index is 5.58. The van der Waals surface area contributed by atoms with E-state index in [0.717, 1.165) is 5.75 Å². The normalized spacial score (nSPS) is 10.5. The smallest absolute Gasteiger partial charge is 0.119 e. The fourth-order valence-corrected chi connectivity index (χ4v) is 2.78. The van der Waals surface area contributed by atoms with Gasteiger partial charge in [-0.3, -0.25) is 0 Å². The lowest BCUT2D eigenvalue weighted by Crippen LogP contribution is -2.03. The zero-order valence-electron chi connectivity index (χ0n) is 13.1. The molecule has 0 saturated carbocycles. The summed E-state index contributed by atoms with van der Waals surface area (Å²) in [7, 11) is 0. The molecule has 0 bridgehead atoms. The van der Waals surface area contributed by atoms with Gasteiger partial charge in [0.25, 0.3) is 0 Å². The van der Waals surface area contributed by atoms with E-state index in [1.165, 1.54) is 16.7 Å². The SMILES string of the molecule is C=CCOc1ccc(C(c2ccccc2)c2ccccc2)cc1. The van der Waals surface area contributed by atoms with E-state index in [0.29, 0.717) is 6.61 Å². The molecule has 114 valence electrons. The third kappa shape index (κ3) is 3.70. The average molecular weight is 300 g/mol. The summed E-state index contributed by atoms with van der Waals surface area (Å²) in [5.41, 5.74) is 3.84. The molecule has 0 N–H and O–H groups in total. The molecule has 0 amide bonds. The molecule has 3 rings (SSSR count). The van der Waals surface area contributed by atoms with E-state index in [-0.39, 0.29) is 5.92 Å². The highest BCUT2D eigenvalue weighted by atomic mass is 16.5. The first kappa shape index (κ1) is 15.1. The van der Waals surface area contributed by atoms with E-state index in [9.17, 15) is 0 Å². The summed E-state index contributed by atoms with van der Waals surface area (Å²) in [5, 5.41) is 0. The molecule has 0 aromatic heterocycles. The van der Waals surface area contributed by atoms with Crippen LogP contribution in [0.25, 0.3) is 0 Å². The highest BCUT2D eigenvalue weighted by Crippen LogP contribution is 2.32. The molecule has 0 fully saturated rings. The van der Waals surface area contributed by atoms with Crippen LogP contribution in [0, 0.1) is 0 Å². The van der Waals surface area contributed by atoms with Gasteiger partial charge in [0.1, 0.15) is 12.4 Å². The van der Waals surface area contributed by atoms with Crippen LogP contribution in [0.3, 0.4) is 0 Å². The number of hydrogen-bond donors (Lipinski definition) is 0. The summed E-state index contributed by atoms with van der Waals surface area (Å²) in [6, 6.07) is 29.5. The van der Waals surface area contributed by atoms with Crippen LogP contribution in [0.1, 0.15) is 22.6 Å². The Kier molecular flexibility index (Phi) is 4.90. The topological polar surface area (TPSA) is 9.23 Å². The van der Waals surface area contributed by atoms with Gasteiger partial charge in [-0.1, -0.05) is 85.5 Å². The number of benzene rings is 3. The van der Waals surface area contributed by atoms with Crippen LogP contribution in [0.2, 0.25) is 0 Å². The molecule has 0 heterocycles. The Labute approximate surface area is 137 Å². The second-order valence-electron chi connectivity index (χ2n) is 5.42. The molecule has 0 radical (unpaired) electrons. The molecule has 1 heteroatoms. The number of hydrogen-bond acceptors (Lipinski definition) is 1. The van der Waals surface area contributed by atoms with Crippen LogP contribution in [-0.2, 0) is 0 Å². The lowest BCUT2D eigenvalue weighted by atomic mass is 9.85. The summed E-state index contributed by atoms with van der Waals surface area (Å²) in [6.45, 7) is 4.20. The minimum Gasteiger partial charge on any atom is -0.490 e. The maximum atomic E-state index is 5.58. The summed E-state index contributed by atoms with van der Waals surface area (Å²) in [6.07, 6.45) is 1.75. The Morgan fingerprint density at radius 1 is 0.696 bits per heavy atom. The average Bonchev–Trinajstić information content (AvgIpc) is 2.63. The van der Waals surface area contributed by atoms with Crippen molar-refractivity contribution in [1.29, 1.82) is 0 Å². The van der Waals surface area contributed by atoms with Gasteiger partial charge in [-0.2, -0.15) is 0 Å². The van der Waals surface area contributed by atoms with E-state index < -0.39 is 0 Å². The molecule has 3 aromatic rings. The summed E-state index contributed by atoms with van der Waals surface area (Å²) < 4.78 is 5.58. The van der Waals surface area contributed by atoms with Crippen molar-refractivity contribution < 1.29 is 4.74 Å². The Hall–Kier alpha value is -2.80. The molecule has 23 heavy (non-hydrogen) atoms. The standard InChI is InChI=1S/C22H20O/c1-2-17-23-21-15-13-20(14-16-21)22(18-9-5-3-6-10-18)19-11-7-4-8-12-19/h2-16,22H,1,17H2. The molecular formula is C22H20O. The largest absolute Gasteiger partial charge is 0.490 e. The van der Waals surface area contributed by atoms with E-state index in [2.05, 4.69) is 79.4 Å². The van der Waals surface area contributed by atoms with Gasteiger partial charge in [-0.25, -0.2) is 0 Å². The van der Waals surface area contributed by atoms with Crippen LogP contribution < -0.4 is 4.74 Å². The fraction of sp³-hybridized carbons (Fsp3) is 0.0909. The third-order valence-electron chi connectivity index (χ3n) is 3.85. The molecule has 3 aromatic carbocycles. The first-order valence-electron chi connectivity index (χ1n) is 7.82. The fourth-order valence-electron chi connectivity index (χ4n) is 2.78. The van der Waals surface area contributed by atoms with Crippen molar-refractivity contribution in [2.75, 3.05) is 6.61 Å². The second kappa shape index (κ2) is 7.46. The molecule has 0 atom stereocenters. The molecule has 0 spiro atoms. The van der Waals surface area contributed by atoms with Crippen molar-refractivity contribution in [3.05, 3.63) is 114 Å². The zero-order valence-corrected chi connectivity index (χ0v) is 13.1. The van der Waals surface area contributed by atoms with Crippen molar-refractivity contribution in [1.82, 2.24) is 0 Å². The number of rotatable bonds is 6. The number of ether oxygens (including phenoxy) is 1. The van der Waals surface area contributed by atoms with Gasteiger partial charge in [0.15, 0.2) is 0 Å². The predicted octanol–water partition coefficient (Wildman–Crippen LogP) is 5.43. The molecular weight excluding hydrogens is 280 g/mol. The Morgan fingerprint density at radius 3 is 1.65 bits per heavy atom.